The van der Waals surface area contributed by atoms with Crippen LogP contribution in [-0.4, -0.2) is 8.42 Å². The van der Waals surface area contributed by atoms with Gasteiger partial charge in [0.15, 0.2) is 0 Å². The van der Waals surface area contributed by atoms with Crippen molar-refractivity contribution in [3.63, 3.8) is 0 Å². The third-order valence-corrected chi connectivity index (χ3v) is 2.72. The third kappa shape index (κ3) is 0.648. The minimum absolute atomic E-state index is 0.956. The third-order valence-electron chi connectivity index (χ3n) is 0.303. The normalized spacial score (nSPS) is 28.7. The molecule has 1 aliphatic heterocycles. The Kier molecular flexibility index (Phi) is 0.798. The van der Waals surface area contributed by atoms with E-state index in [2.05, 4.69) is 8.25 Å². The Morgan fingerprint density at radius 2 is 1.67 bits per heavy atom. The molecule has 0 aromatic heterocycles. The first-order valence-electron chi connectivity index (χ1n) is 1.15. The Morgan fingerprint density at radius 1 is 1.33 bits per heavy atom. The van der Waals surface area contributed by atoms with Gasteiger partial charge in [-0.1, -0.05) is 0 Å². The molecule has 2 N–H and O–H groups in total. The van der Waals surface area contributed by atoms with Gasteiger partial charge in [0, 0.05) is 12.1 Å². The predicted octanol–water partition coefficient (Wildman–Crippen LogP) is -1.01. The summed E-state index contributed by atoms with van der Waals surface area (Å²) in [4.78, 5) is 0. The largest absolute Gasteiger partial charge is 0.297 e. The van der Waals surface area contributed by atoms with E-state index in [4.69, 9.17) is 0 Å². The fourth-order valence-corrected chi connectivity index (χ4v) is 0.987. The molecule has 4 nitrogen and oxygen atoms in total. The molecule has 0 amide bonds. The molecule has 6 heavy (non-hydrogen) atoms. The molecule has 1 aliphatic rings. The Balaban J connectivity index is 2.78. The van der Waals surface area contributed by atoms with Gasteiger partial charge in [0.05, 0.1) is 0 Å². The van der Waals surface area contributed by atoms with E-state index in [1.165, 1.54) is 0 Å². The van der Waals surface area contributed by atoms with Crippen LogP contribution in [0.3, 0.4) is 0 Å². The lowest BCUT2D eigenvalue weighted by Gasteiger charge is -2.11. The smallest absolute Gasteiger partial charge is 0.193 e. The van der Waals surface area contributed by atoms with Crippen LogP contribution >= 0.6 is 12.1 Å². The van der Waals surface area contributed by atoms with Crippen molar-refractivity contribution in [2.24, 2.45) is 0 Å². The van der Waals surface area contributed by atoms with Crippen molar-refractivity contribution in [2.75, 3.05) is 0 Å². The number of rotatable bonds is 0. The van der Waals surface area contributed by atoms with Gasteiger partial charge in [-0.25, -0.2) is 0 Å². The van der Waals surface area contributed by atoms with Gasteiger partial charge in [-0.15, -0.1) is 8.25 Å². The van der Waals surface area contributed by atoms with E-state index in [1.54, 1.807) is 0 Å². The molecule has 1 fully saturated rings. The summed E-state index contributed by atoms with van der Waals surface area (Å²) in [6.45, 7) is 0. The minimum atomic E-state index is -3.02. The Bertz CT molecular complexity index is 124. The summed E-state index contributed by atoms with van der Waals surface area (Å²) in [5.41, 5.74) is 0. The molecule has 0 unspecified atom stereocenters. The van der Waals surface area contributed by atoms with E-state index in [-0.39, 0.29) is 0 Å². The van der Waals surface area contributed by atoms with Gasteiger partial charge in [-0.2, -0.15) is 8.42 Å². The topological polar surface area (TPSA) is 58.2 Å². The van der Waals surface area contributed by atoms with Gasteiger partial charge in [-0.3, -0.25) is 0 Å². The summed E-state index contributed by atoms with van der Waals surface area (Å²) in [5.74, 6) is 0. The van der Waals surface area contributed by atoms with Crippen molar-refractivity contribution in [2.45, 2.75) is 0 Å². The summed E-state index contributed by atoms with van der Waals surface area (Å²) in [6.07, 6.45) is 0. The van der Waals surface area contributed by atoms with Gasteiger partial charge in [0.1, 0.15) is 0 Å². The maximum atomic E-state index is 9.84. The quantitative estimate of drug-likeness (QED) is 0.409. The summed E-state index contributed by atoms with van der Waals surface area (Å²) < 4.78 is 23.8. The van der Waals surface area contributed by atoms with Crippen LogP contribution in [0.25, 0.3) is 0 Å². The maximum Gasteiger partial charge on any atom is 0.297 e. The number of nitrogens with one attached hydrogen (secondary N) is 2. The Morgan fingerprint density at radius 3 is 1.67 bits per heavy atom. The maximum absolute atomic E-state index is 9.84. The lowest BCUT2D eigenvalue weighted by Crippen LogP contribution is -2.40. The average Bonchev–Trinajstić information content (AvgIpc) is 1.32. The van der Waals surface area contributed by atoms with Crippen molar-refractivity contribution in [3.05, 3.63) is 0 Å². The lowest BCUT2D eigenvalue weighted by molar-refractivity contribution is 0.588. The lowest BCUT2D eigenvalue weighted by atomic mass is 13.8. The average molecular weight is 126 g/mol. The van der Waals surface area contributed by atoms with Gasteiger partial charge >= 0.3 is 0 Å². The van der Waals surface area contributed by atoms with E-state index in [0.29, 0.717) is 0 Å². The summed E-state index contributed by atoms with van der Waals surface area (Å²) in [7, 11) is -3.02. The van der Waals surface area contributed by atoms with Crippen molar-refractivity contribution in [1.82, 2.24) is 8.25 Å². The van der Waals surface area contributed by atoms with E-state index < -0.39 is 10.2 Å². The van der Waals surface area contributed by atoms with Crippen LogP contribution in [0.5, 0.6) is 0 Å². The van der Waals surface area contributed by atoms with E-state index >= 15 is 0 Å². The molecule has 1 saturated heterocycles. The van der Waals surface area contributed by atoms with Gasteiger partial charge in [0.2, 0.25) is 0 Å². The number of hydrogen-bond donors (Lipinski definition) is 2. The van der Waals surface area contributed by atoms with Crippen LogP contribution in [0.15, 0.2) is 0 Å². The number of hydrogen-bond acceptors (Lipinski definition) is 3. The Hall–Kier alpha value is 0.220. The highest BCUT2D eigenvalue weighted by atomic mass is 32.3. The zero-order chi connectivity index (χ0) is 4.62. The minimum Gasteiger partial charge on any atom is -0.193 e. The fraction of sp³-hybridized carbons (Fsp3) is 0. The van der Waals surface area contributed by atoms with Crippen molar-refractivity contribution in [1.29, 1.82) is 0 Å². The molecule has 0 atom stereocenters. The zero-order valence-electron chi connectivity index (χ0n) is 2.63. The van der Waals surface area contributed by atoms with Crippen molar-refractivity contribution in [3.8, 4) is 0 Å². The molecule has 0 aliphatic carbocycles. The highest BCUT2D eigenvalue weighted by molar-refractivity contribution is 8.21. The standard InChI is InChI=1S/H2N2O2S2/c3-6(4)1-5-2-6/h1-2H. The van der Waals surface area contributed by atoms with E-state index in [1.807, 2.05) is 0 Å². The predicted molar refractivity (Wildman–Crippen MR) is 22.8 cm³/mol. The van der Waals surface area contributed by atoms with Crippen LogP contribution in [0.1, 0.15) is 0 Å². The van der Waals surface area contributed by atoms with Crippen LogP contribution in [0, 0.1) is 0 Å². The summed E-state index contributed by atoms with van der Waals surface area (Å²) in [5, 5.41) is 0. The molecule has 0 aromatic rings. The molecule has 1 rings (SSSR count). The van der Waals surface area contributed by atoms with Gasteiger partial charge < -0.3 is 0 Å². The molecule has 1 heterocycles. The first-order chi connectivity index (χ1) is 2.71. The van der Waals surface area contributed by atoms with E-state index in [0.717, 1.165) is 12.1 Å². The second-order valence-electron chi connectivity index (χ2n) is 0.772. The second-order valence-corrected chi connectivity index (χ2v) is 3.32. The van der Waals surface area contributed by atoms with Crippen LogP contribution in [0.2, 0.25) is 0 Å². The highest BCUT2D eigenvalue weighted by Crippen LogP contribution is 2.02. The monoisotopic (exact) mass is 126 g/mol. The molecule has 0 saturated carbocycles. The molecular formula is H2N2O2S2. The fourth-order valence-electron chi connectivity index (χ4n) is 0.110. The Labute approximate surface area is 39.8 Å². The molecule has 0 bridgehead atoms. The molecular weight excluding hydrogens is 124 g/mol. The van der Waals surface area contributed by atoms with Gasteiger partial charge in [-0.05, 0) is 0 Å². The second kappa shape index (κ2) is 1.09. The molecule has 0 aromatic carbocycles. The first-order valence-corrected chi connectivity index (χ1v) is 3.45. The van der Waals surface area contributed by atoms with Crippen LogP contribution in [0.4, 0.5) is 0 Å². The molecule has 6 heteroatoms. The van der Waals surface area contributed by atoms with Crippen LogP contribution < -0.4 is 8.25 Å². The molecule has 0 spiro atoms. The van der Waals surface area contributed by atoms with Crippen molar-refractivity contribution < 1.29 is 8.42 Å². The zero-order valence-corrected chi connectivity index (χ0v) is 4.27. The van der Waals surface area contributed by atoms with Gasteiger partial charge in [0.25, 0.3) is 10.2 Å². The highest BCUT2D eigenvalue weighted by Gasteiger charge is 2.18. The summed E-state index contributed by atoms with van der Waals surface area (Å²) in [6, 6.07) is 0. The SMILES string of the molecule is O=S1(=O)NSN1. The summed E-state index contributed by atoms with van der Waals surface area (Å²) >= 11 is 0.956. The van der Waals surface area contributed by atoms with Crippen LogP contribution in [-0.2, 0) is 10.2 Å². The molecule has 0 radical (unpaired) electrons. The first kappa shape index (κ1) is 4.38. The molecule has 36 valence electrons. The van der Waals surface area contributed by atoms with E-state index in [9.17, 15) is 8.42 Å². The van der Waals surface area contributed by atoms with Crippen molar-refractivity contribution >= 4 is 22.3 Å².